The van der Waals surface area contributed by atoms with Crippen molar-refractivity contribution in [1.82, 2.24) is 14.3 Å². The van der Waals surface area contributed by atoms with Crippen molar-refractivity contribution >= 4 is 17.2 Å². The highest BCUT2D eigenvalue weighted by Crippen LogP contribution is 2.26. The van der Waals surface area contributed by atoms with E-state index in [-0.39, 0.29) is 0 Å². The van der Waals surface area contributed by atoms with Crippen LogP contribution in [0.3, 0.4) is 0 Å². The highest BCUT2D eigenvalue weighted by molar-refractivity contribution is 6.30. The lowest BCUT2D eigenvalue weighted by Crippen LogP contribution is -2.13. The third kappa shape index (κ3) is 2.80. The zero-order chi connectivity index (χ0) is 15.0. The van der Waals surface area contributed by atoms with Gasteiger partial charge in [-0.15, -0.1) is 0 Å². The van der Waals surface area contributed by atoms with Crippen LogP contribution >= 0.6 is 11.6 Å². The van der Waals surface area contributed by atoms with E-state index in [1.807, 2.05) is 24.3 Å². The molecule has 3 rings (SSSR count). The molecule has 0 radical (unpaired) electrons. The molecule has 0 bridgehead atoms. The number of benzene rings is 1. The first-order valence-electron chi connectivity index (χ1n) is 6.93. The monoisotopic (exact) mass is 299 g/mol. The first kappa shape index (κ1) is 14.1. The van der Waals surface area contributed by atoms with Gasteiger partial charge in [0.25, 0.3) is 0 Å². The zero-order valence-corrected chi connectivity index (χ0v) is 13.2. The number of aromatic nitrogens is 2. The normalized spacial score (nSPS) is 11.5. The van der Waals surface area contributed by atoms with Gasteiger partial charge in [0, 0.05) is 23.3 Å². The highest BCUT2D eigenvalue weighted by Gasteiger charge is 2.14. The van der Waals surface area contributed by atoms with Crippen LogP contribution in [0.25, 0.3) is 16.9 Å². The summed E-state index contributed by atoms with van der Waals surface area (Å²) in [5.41, 5.74) is 5.51. The van der Waals surface area contributed by atoms with Gasteiger partial charge in [0.1, 0.15) is 5.65 Å². The first-order chi connectivity index (χ1) is 10.0. The Morgan fingerprint density at radius 3 is 2.48 bits per heavy atom. The van der Waals surface area contributed by atoms with Crippen LogP contribution in [0.5, 0.6) is 0 Å². The van der Waals surface area contributed by atoms with Gasteiger partial charge in [0.15, 0.2) is 0 Å². The number of imidazole rings is 1. The van der Waals surface area contributed by atoms with Gasteiger partial charge in [0.05, 0.1) is 11.4 Å². The minimum atomic E-state index is 0.743. The van der Waals surface area contributed by atoms with Crippen molar-refractivity contribution in [2.75, 3.05) is 14.1 Å². The molecular formula is C17H18ClN3. The molecule has 0 N–H and O–H groups in total. The molecule has 0 fully saturated rings. The molecule has 108 valence electrons. The van der Waals surface area contributed by atoms with Crippen molar-refractivity contribution in [1.29, 1.82) is 0 Å². The fraction of sp³-hybridized carbons (Fsp3) is 0.235. The van der Waals surface area contributed by atoms with Crippen molar-refractivity contribution in [3.05, 3.63) is 58.9 Å². The summed E-state index contributed by atoms with van der Waals surface area (Å²) in [6.45, 7) is 2.93. The minimum Gasteiger partial charge on any atom is -0.304 e. The van der Waals surface area contributed by atoms with E-state index in [2.05, 4.69) is 48.6 Å². The van der Waals surface area contributed by atoms with E-state index in [1.54, 1.807) is 0 Å². The number of fused-ring (bicyclic) bond motifs is 1. The van der Waals surface area contributed by atoms with Crippen molar-refractivity contribution in [3.63, 3.8) is 0 Å². The van der Waals surface area contributed by atoms with E-state index in [1.165, 1.54) is 11.3 Å². The van der Waals surface area contributed by atoms with Gasteiger partial charge in [-0.2, -0.15) is 0 Å². The molecule has 2 aromatic heterocycles. The Kier molecular flexibility index (Phi) is 3.70. The van der Waals surface area contributed by atoms with Crippen LogP contribution in [0.15, 0.2) is 42.6 Å². The predicted octanol–water partition coefficient (Wildman–Crippen LogP) is 4.02. The van der Waals surface area contributed by atoms with Gasteiger partial charge < -0.3 is 9.30 Å². The van der Waals surface area contributed by atoms with Crippen molar-refractivity contribution in [2.45, 2.75) is 13.5 Å². The summed E-state index contributed by atoms with van der Waals surface area (Å²) < 4.78 is 2.18. The summed E-state index contributed by atoms with van der Waals surface area (Å²) >= 11 is 5.99. The van der Waals surface area contributed by atoms with Crippen molar-refractivity contribution in [2.24, 2.45) is 0 Å². The van der Waals surface area contributed by atoms with E-state index in [0.717, 1.165) is 28.5 Å². The molecule has 4 heteroatoms. The number of halogens is 1. The van der Waals surface area contributed by atoms with E-state index in [4.69, 9.17) is 16.6 Å². The lowest BCUT2D eigenvalue weighted by atomic mass is 10.1. The average Bonchev–Trinajstić information content (AvgIpc) is 2.77. The number of aryl methyl sites for hydroxylation is 1. The molecule has 21 heavy (non-hydrogen) atoms. The summed E-state index contributed by atoms with van der Waals surface area (Å²) in [6.07, 6.45) is 2.14. The lowest BCUT2D eigenvalue weighted by molar-refractivity contribution is 0.396. The Hall–Kier alpha value is -1.84. The number of hydrogen-bond acceptors (Lipinski definition) is 2. The fourth-order valence-corrected chi connectivity index (χ4v) is 2.62. The van der Waals surface area contributed by atoms with Gasteiger partial charge in [-0.1, -0.05) is 29.8 Å². The molecule has 3 aromatic rings. The number of pyridine rings is 1. The molecule has 1 aromatic carbocycles. The zero-order valence-electron chi connectivity index (χ0n) is 12.5. The van der Waals surface area contributed by atoms with Crippen LogP contribution in [0.1, 0.15) is 11.3 Å². The Morgan fingerprint density at radius 2 is 1.81 bits per heavy atom. The molecule has 0 aliphatic heterocycles. The number of nitrogens with zero attached hydrogens (tertiary/aromatic N) is 3. The molecular weight excluding hydrogens is 282 g/mol. The van der Waals surface area contributed by atoms with Gasteiger partial charge in [-0.25, -0.2) is 4.98 Å². The van der Waals surface area contributed by atoms with Crippen LogP contribution in [-0.2, 0) is 6.54 Å². The van der Waals surface area contributed by atoms with Crippen LogP contribution in [0, 0.1) is 6.92 Å². The van der Waals surface area contributed by atoms with Gasteiger partial charge in [-0.05, 0) is 44.8 Å². The summed E-state index contributed by atoms with van der Waals surface area (Å²) in [4.78, 5) is 6.96. The number of hydrogen-bond donors (Lipinski definition) is 0. The van der Waals surface area contributed by atoms with Crippen LogP contribution < -0.4 is 0 Å². The third-order valence-electron chi connectivity index (χ3n) is 3.45. The van der Waals surface area contributed by atoms with Gasteiger partial charge in [0.2, 0.25) is 0 Å². The molecule has 0 saturated heterocycles. The van der Waals surface area contributed by atoms with Crippen LogP contribution in [-0.4, -0.2) is 28.4 Å². The molecule has 0 saturated carbocycles. The second kappa shape index (κ2) is 5.51. The number of rotatable bonds is 3. The van der Waals surface area contributed by atoms with E-state index in [0.29, 0.717) is 0 Å². The first-order valence-corrected chi connectivity index (χ1v) is 7.30. The van der Waals surface area contributed by atoms with E-state index in [9.17, 15) is 0 Å². The summed E-state index contributed by atoms with van der Waals surface area (Å²) in [5, 5.41) is 0.743. The molecule has 2 heterocycles. The summed E-state index contributed by atoms with van der Waals surface area (Å²) in [7, 11) is 4.14. The maximum absolute atomic E-state index is 5.99. The van der Waals surface area contributed by atoms with E-state index < -0.39 is 0 Å². The molecule has 0 aliphatic carbocycles. The van der Waals surface area contributed by atoms with Gasteiger partial charge in [-0.3, -0.25) is 0 Å². The predicted molar refractivity (Wildman–Crippen MR) is 87.8 cm³/mol. The van der Waals surface area contributed by atoms with Crippen LogP contribution in [0.2, 0.25) is 5.02 Å². The van der Waals surface area contributed by atoms with Gasteiger partial charge >= 0.3 is 0 Å². The van der Waals surface area contributed by atoms with Crippen LogP contribution in [0.4, 0.5) is 0 Å². The fourth-order valence-electron chi connectivity index (χ4n) is 2.49. The maximum Gasteiger partial charge on any atom is 0.137 e. The Balaban J connectivity index is 2.22. The quantitative estimate of drug-likeness (QED) is 0.728. The standard InChI is InChI=1S/C17H18ClN3/c1-12-4-9-16-19-17(13-5-7-14(18)8-6-13)15(11-20(2)3)21(16)10-12/h4-10H,11H2,1-3H3. The molecule has 0 aliphatic rings. The summed E-state index contributed by atoms with van der Waals surface area (Å²) in [6, 6.07) is 12.0. The maximum atomic E-state index is 5.99. The highest BCUT2D eigenvalue weighted by atomic mass is 35.5. The van der Waals surface area contributed by atoms with E-state index >= 15 is 0 Å². The largest absolute Gasteiger partial charge is 0.304 e. The summed E-state index contributed by atoms with van der Waals surface area (Å²) in [5.74, 6) is 0. The van der Waals surface area contributed by atoms with Crippen molar-refractivity contribution in [3.8, 4) is 11.3 Å². The molecule has 0 amide bonds. The Morgan fingerprint density at radius 1 is 1.10 bits per heavy atom. The Bertz CT molecular complexity index is 773. The SMILES string of the molecule is Cc1ccc2nc(-c3ccc(Cl)cc3)c(CN(C)C)n2c1. The second-order valence-corrected chi connectivity index (χ2v) is 6.02. The molecule has 3 nitrogen and oxygen atoms in total. The average molecular weight is 300 g/mol. The Labute approximate surface area is 129 Å². The second-order valence-electron chi connectivity index (χ2n) is 5.59. The lowest BCUT2D eigenvalue weighted by Gasteiger charge is -2.11. The minimum absolute atomic E-state index is 0.743. The molecule has 0 atom stereocenters. The smallest absolute Gasteiger partial charge is 0.137 e. The topological polar surface area (TPSA) is 20.5 Å². The molecule has 0 unspecified atom stereocenters. The van der Waals surface area contributed by atoms with Crippen molar-refractivity contribution < 1.29 is 0 Å². The molecule has 0 spiro atoms. The third-order valence-corrected chi connectivity index (χ3v) is 3.70.